The van der Waals surface area contributed by atoms with E-state index in [1.54, 1.807) is 12.1 Å². The number of nitrogens with one attached hydrogen (secondary N) is 1. The molecule has 4 heterocycles. The standard InChI is InChI=1S/C27H28FN3O4/c1-16-4-6-20-21(29-16)7-9-23-27(20)35-19(14-33-23)13-31-10-2-3-17(12-31)11-18-5-8-22-26(25(18)28)30-24(32)15-34-22/h4-9,17,19H,2-3,10-15H2,1H3,(H,30,32)/t17?,19-/m0/s1. The number of rotatable bonds is 4. The molecule has 3 aliphatic rings. The highest BCUT2D eigenvalue weighted by molar-refractivity contribution is 5.95. The topological polar surface area (TPSA) is 72.9 Å². The number of likely N-dealkylation sites (tertiary alicyclic amines) is 1. The number of ether oxygens (including phenoxy) is 3. The zero-order valence-corrected chi connectivity index (χ0v) is 19.7. The first kappa shape index (κ1) is 22.1. The van der Waals surface area contributed by atoms with E-state index in [2.05, 4.69) is 15.2 Å². The third-order valence-corrected chi connectivity index (χ3v) is 7.01. The Kier molecular flexibility index (Phi) is 5.68. The van der Waals surface area contributed by atoms with Gasteiger partial charge in [0.05, 0.1) is 5.52 Å². The Morgan fingerprint density at radius 2 is 2.03 bits per heavy atom. The first-order valence-electron chi connectivity index (χ1n) is 12.2. The van der Waals surface area contributed by atoms with Crippen LogP contribution in [0.4, 0.5) is 10.1 Å². The number of hydrogen-bond acceptors (Lipinski definition) is 6. The predicted molar refractivity (Wildman–Crippen MR) is 130 cm³/mol. The summed E-state index contributed by atoms with van der Waals surface area (Å²) in [4.78, 5) is 18.6. The summed E-state index contributed by atoms with van der Waals surface area (Å²) in [5, 5.41) is 3.57. The summed E-state index contributed by atoms with van der Waals surface area (Å²) < 4.78 is 32.9. The Hall–Kier alpha value is -3.39. The molecule has 3 aromatic rings. The minimum absolute atomic E-state index is 0.0766. The number of aryl methyl sites for hydroxylation is 1. The van der Waals surface area contributed by atoms with Gasteiger partial charge in [-0.25, -0.2) is 4.39 Å². The van der Waals surface area contributed by atoms with Crippen LogP contribution in [0.15, 0.2) is 36.4 Å². The van der Waals surface area contributed by atoms with Gasteiger partial charge in [-0.2, -0.15) is 0 Å². The van der Waals surface area contributed by atoms with E-state index in [9.17, 15) is 4.79 Å². The van der Waals surface area contributed by atoms with Crippen molar-refractivity contribution < 1.29 is 23.4 Å². The minimum Gasteiger partial charge on any atom is -0.486 e. The van der Waals surface area contributed by atoms with Gasteiger partial charge in [0, 0.05) is 24.2 Å². The third-order valence-electron chi connectivity index (χ3n) is 7.01. The lowest BCUT2D eigenvalue weighted by atomic mass is 9.90. The van der Waals surface area contributed by atoms with Crippen LogP contribution in [0.3, 0.4) is 0 Å². The van der Waals surface area contributed by atoms with Gasteiger partial charge in [0.2, 0.25) is 0 Å². The van der Waals surface area contributed by atoms with Gasteiger partial charge in [0.1, 0.15) is 24.1 Å². The Balaban J connectivity index is 1.13. The number of amides is 1. The number of pyridine rings is 1. The number of carbonyl (C=O) groups excluding carboxylic acids is 1. The molecule has 8 heteroatoms. The molecule has 182 valence electrons. The van der Waals surface area contributed by atoms with E-state index in [0.717, 1.165) is 60.6 Å². The van der Waals surface area contributed by atoms with Gasteiger partial charge in [-0.1, -0.05) is 6.07 Å². The number of nitrogens with zero attached hydrogens (tertiary/aromatic N) is 2. The van der Waals surface area contributed by atoms with Gasteiger partial charge in [0.25, 0.3) is 5.91 Å². The van der Waals surface area contributed by atoms with E-state index in [4.69, 9.17) is 14.2 Å². The number of aromatic nitrogens is 1. The molecule has 3 aliphatic heterocycles. The molecule has 1 fully saturated rings. The first-order chi connectivity index (χ1) is 17.0. The fourth-order valence-electron chi connectivity index (χ4n) is 5.36. The summed E-state index contributed by atoms with van der Waals surface area (Å²) in [5.74, 6) is 1.52. The summed E-state index contributed by atoms with van der Waals surface area (Å²) in [5.41, 5.74) is 2.65. The molecule has 7 nitrogen and oxygen atoms in total. The molecule has 0 aliphatic carbocycles. The summed E-state index contributed by atoms with van der Waals surface area (Å²) in [6, 6.07) is 11.5. The van der Waals surface area contributed by atoms with E-state index in [1.165, 1.54) is 0 Å². The lowest BCUT2D eigenvalue weighted by Gasteiger charge is -2.36. The third kappa shape index (κ3) is 4.38. The van der Waals surface area contributed by atoms with Gasteiger partial charge in [-0.05, 0) is 74.5 Å². The minimum atomic E-state index is -0.385. The van der Waals surface area contributed by atoms with Gasteiger partial charge in [-0.15, -0.1) is 0 Å². The Labute approximate surface area is 203 Å². The highest BCUT2D eigenvalue weighted by Crippen LogP contribution is 2.39. The Morgan fingerprint density at radius 3 is 2.94 bits per heavy atom. The molecule has 2 atom stereocenters. The van der Waals surface area contributed by atoms with E-state index in [1.807, 2.05) is 31.2 Å². The zero-order valence-electron chi connectivity index (χ0n) is 19.7. The number of carbonyl (C=O) groups is 1. The van der Waals surface area contributed by atoms with Crippen molar-refractivity contribution in [3.05, 3.63) is 53.5 Å². The number of benzene rings is 2. The van der Waals surface area contributed by atoms with Crippen LogP contribution in [0.5, 0.6) is 17.2 Å². The molecule has 2 aromatic carbocycles. The van der Waals surface area contributed by atoms with Gasteiger partial charge >= 0.3 is 0 Å². The summed E-state index contributed by atoms with van der Waals surface area (Å²) in [7, 11) is 0. The van der Waals surface area contributed by atoms with Crippen molar-refractivity contribution in [3.63, 3.8) is 0 Å². The number of anilines is 1. The predicted octanol–water partition coefficient (Wildman–Crippen LogP) is 4.11. The maximum absolute atomic E-state index is 15.1. The Bertz CT molecular complexity index is 1300. The highest BCUT2D eigenvalue weighted by atomic mass is 19.1. The highest BCUT2D eigenvalue weighted by Gasteiger charge is 2.29. The van der Waals surface area contributed by atoms with E-state index in [-0.39, 0.29) is 30.1 Å². The van der Waals surface area contributed by atoms with Crippen LogP contribution in [0.25, 0.3) is 10.9 Å². The van der Waals surface area contributed by atoms with Crippen molar-refractivity contribution >= 4 is 22.5 Å². The molecule has 1 saturated heterocycles. The Morgan fingerprint density at radius 1 is 1.14 bits per heavy atom. The number of halogens is 1. The summed E-state index contributed by atoms with van der Waals surface area (Å²) >= 11 is 0. The van der Waals surface area contributed by atoms with E-state index in [0.29, 0.717) is 30.3 Å². The largest absolute Gasteiger partial charge is 0.486 e. The molecule has 1 amide bonds. The summed E-state index contributed by atoms with van der Waals surface area (Å²) in [6.45, 7) is 5.00. The first-order valence-corrected chi connectivity index (χ1v) is 12.2. The van der Waals surface area contributed by atoms with Gasteiger partial charge in [0.15, 0.2) is 23.9 Å². The number of piperidine rings is 1. The quantitative estimate of drug-likeness (QED) is 0.610. The smallest absolute Gasteiger partial charge is 0.262 e. The van der Waals surface area contributed by atoms with Crippen molar-refractivity contribution in [2.75, 3.05) is 38.2 Å². The average Bonchev–Trinajstić information content (AvgIpc) is 2.86. The molecule has 1 unspecified atom stereocenters. The molecule has 0 radical (unpaired) electrons. The second-order valence-electron chi connectivity index (χ2n) is 9.68. The van der Waals surface area contributed by atoms with Crippen LogP contribution in [0.2, 0.25) is 0 Å². The van der Waals surface area contributed by atoms with Gasteiger partial charge < -0.3 is 19.5 Å². The fourth-order valence-corrected chi connectivity index (χ4v) is 5.36. The lowest BCUT2D eigenvalue weighted by Crippen LogP contribution is -2.45. The second-order valence-corrected chi connectivity index (χ2v) is 9.68. The van der Waals surface area contributed by atoms with Crippen molar-refractivity contribution in [1.82, 2.24) is 9.88 Å². The van der Waals surface area contributed by atoms with Crippen LogP contribution < -0.4 is 19.5 Å². The van der Waals surface area contributed by atoms with Crippen molar-refractivity contribution in [2.24, 2.45) is 5.92 Å². The van der Waals surface area contributed by atoms with Gasteiger partial charge in [-0.3, -0.25) is 14.7 Å². The van der Waals surface area contributed by atoms with E-state index < -0.39 is 0 Å². The molecule has 0 saturated carbocycles. The van der Waals surface area contributed by atoms with Crippen molar-refractivity contribution in [2.45, 2.75) is 32.3 Å². The maximum Gasteiger partial charge on any atom is 0.262 e. The fraction of sp³-hybridized carbons (Fsp3) is 0.407. The molecule has 6 rings (SSSR count). The molecule has 1 N–H and O–H groups in total. The van der Waals surface area contributed by atoms with E-state index >= 15 is 4.39 Å². The molecular weight excluding hydrogens is 449 g/mol. The monoisotopic (exact) mass is 477 g/mol. The molecule has 1 aromatic heterocycles. The second kappa shape index (κ2) is 9.00. The van der Waals surface area contributed by atoms with Crippen molar-refractivity contribution in [1.29, 1.82) is 0 Å². The van der Waals surface area contributed by atoms with Crippen molar-refractivity contribution in [3.8, 4) is 17.2 Å². The molecule has 0 bridgehead atoms. The molecule has 0 spiro atoms. The molecular formula is C27H28FN3O4. The van der Waals surface area contributed by atoms with Crippen LogP contribution in [0.1, 0.15) is 24.1 Å². The van der Waals surface area contributed by atoms with Crippen LogP contribution in [-0.4, -0.2) is 54.7 Å². The zero-order chi connectivity index (χ0) is 23.9. The number of hydrogen-bond donors (Lipinski definition) is 1. The SMILES string of the molecule is Cc1ccc2c3c(ccc2n1)OC[C@H](CN1CCCC(Cc2ccc4c(c2F)NC(=O)CO4)C1)O3. The number of fused-ring (bicyclic) bond motifs is 4. The van der Waals surface area contributed by atoms with Crippen LogP contribution >= 0.6 is 0 Å². The average molecular weight is 478 g/mol. The maximum atomic E-state index is 15.1. The van der Waals surface area contributed by atoms with Crippen LogP contribution in [0, 0.1) is 18.7 Å². The van der Waals surface area contributed by atoms with Crippen LogP contribution in [-0.2, 0) is 11.2 Å². The molecule has 35 heavy (non-hydrogen) atoms. The summed E-state index contributed by atoms with van der Waals surface area (Å²) in [6.07, 6.45) is 2.62. The lowest BCUT2D eigenvalue weighted by molar-refractivity contribution is -0.118. The normalized spacial score (nSPS) is 21.8.